The van der Waals surface area contributed by atoms with Gasteiger partial charge in [0.25, 0.3) is 5.91 Å². The molecule has 0 aliphatic heterocycles. The molecule has 9 heteroatoms. The molecule has 8 nitrogen and oxygen atoms in total. The molecule has 1 aromatic rings. The van der Waals surface area contributed by atoms with Crippen molar-refractivity contribution in [3.8, 4) is 11.5 Å². The number of carbonyl (C=O) groups is 1. The molecule has 1 aliphatic carbocycles. The predicted molar refractivity (Wildman–Crippen MR) is 110 cm³/mol. The van der Waals surface area contributed by atoms with Crippen molar-refractivity contribution in [2.24, 2.45) is 5.10 Å². The van der Waals surface area contributed by atoms with E-state index in [1.807, 2.05) is 0 Å². The predicted octanol–water partition coefficient (Wildman–Crippen LogP) is 2.69. The number of methoxy groups -OCH3 is 2. The normalized spacial score (nSPS) is 15.2. The van der Waals surface area contributed by atoms with E-state index in [0.717, 1.165) is 42.0 Å². The van der Waals surface area contributed by atoms with Gasteiger partial charge in [-0.25, -0.2) is 13.8 Å². The summed E-state index contributed by atoms with van der Waals surface area (Å²) in [6.45, 7) is -0.404. The number of carbonyl (C=O) groups excluding carboxylic acids is 1. The molecule has 0 bridgehead atoms. The number of nitrogens with zero attached hydrogens (tertiary/aromatic N) is 2. The maximum Gasteiger partial charge on any atom is 0.260 e. The highest BCUT2D eigenvalue weighted by Crippen LogP contribution is 2.33. The first kappa shape index (κ1) is 22.0. The van der Waals surface area contributed by atoms with Crippen molar-refractivity contribution in [1.29, 1.82) is 0 Å². The summed E-state index contributed by atoms with van der Waals surface area (Å²) >= 11 is 0. The van der Waals surface area contributed by atoms with Crippen LogP contribution in [0.25, 0.3) is 0 Å². The third kappa shape index (κ3) is 6.40. The van der Waals surface area contributed by atoms with Crippen LogP contribution in [0, 0.1) is 0 Å². The van der Waals surface area contributed by atoms with Gasteiger partial charge in [0.1, 0.15) is 18.0 Å². The van der Waals surface area contributed by atoms with Crippen molar-refractivity contribution >= 4 is 27.3 Å². The molecule has 0 atom stereocenters. The van der Waals surface area contributed by atoms with Crippen LogP contribution in [0.4, 0.5) is 5.69 Å². The highest BCUT2D eigenvalue weighted by atomic mass is 32.2. The molecule has 0 aromatic heterocycles. The maximum atomic E-state index is 12.4. The molecular weight excluding hydrogens is 382 g/mol. The van der Waals surface area contributed by atoms with Gasteiger partial charge in [0.2, 0.25) is 10.0 Å². The zero-order valence-electron chi connectivity index (χ0n) is 16.7. The lowest BCUT2D eigenvalue weighted by Gasteiger charge is -2.24. The monoisotopic (exact) mass is 411 g/mol. The summed E-state index contributed by atoms with van der Waals surface area (Å²) in [5.41, 5.74) is 3.70. The van der Waals surface area contributed by atoms with Crippen LogP contribution < -0.4 is 19.2 Å². The Morgan fingerprint density at radius 1 is 1.11 bits per heavy atom. The molecule has 1 aromatic carbocycles. The quantitative estimate of drug-likeness (QED) is 0.696. The minimum Gasteiger partial charge on any atom is -0.497 e. The molecule has 1 saturated carbocycles. The minimum atomic E-state index is -3.74. The van der Waals surface area contributed by atoms with Gasteiger partial charge in [0, 0.05) is 11.8 Å². The number of sulfonamides is 1. The number of hydrazone groups is 1. The largest absolute Gasteiger partial charge is 0.497 e. The molecule has 0 saturated heterocycles. The van der Waals surface area contributed by atoms with E-state index in [9.17, 15) is 13.2 Å². The second kappa shape index (κ2) is 10.3. The summed E-state index contributed by atoms with van der Waals surface area (Å²) in [6.07, 6.45) is 8.47. The molecule has 1 fully saturated rings. The zero-order valence-corrected chi connectivity index (χ0v) is 17.5. The zero-order chi connectivity index (χ0) is 20.6. The Morgan fingerprint density at radius 3 is 2.32 bits per heavy atom. The van der Waals surface area contributed by atoms with E-state index in [0.29, 0.717) is 11.5 Å². The second-order valence-electron chi connectivity index (χ2n) is 6.79. The summed E-state index contributed by atoms with van der Waals surface area (Å²) < 4.78 is 36.1. The maximum absolute atomic E-state index is 12.4. The van der Waals surface area contributed by atoms with Gasteiger partial charge in [-0.05, 0) is 37.8 Å². The SMILES string of the molecule is COc1ccc(OC)c(N(CC(=O)NN=C2CCCCCCC2)S(C)(=O)=O)c1. The van der Waals surface area contributed by atoms with Crippen LogP contribution in [0.1, 0.15) is 44.9 Å². The van der Waals surface area contributed by atoms with E-state index in [1.165, 1.54) is 39.5 Å². The van der Waals surface area contributed by atoms with E-state index in [-0.39, 0.29) is 5.69 Å². The Bertz CT molecular complexity index is 798. The molecule has 0 spiro atoms. The number of benzene rings is 1. The highest BCUT2D eigenvalue weighted by Gasteiger charge is 2.24. The molecule has 0 unspecified atom stereocenters. The van der Waals surface area contributed by atoms with E-state index >= 15 is 0 Å². The Labute approximate surface area is 166 Å². The Balaban J connectivity index is 2.17. The number of hydrogen-bond acceptors (Lipinski definition) is 6. The number of hydrogen-bond donors (Lipinski definition) is 1. The average Bonchev–Trinajstić information content (AvgIpc) is 2.63. The summed E-state index contributed by atoms with van der Waals surface area (Å²) in [5.74, 6) is 0.273. The van der Waals surface area contributed by atoms with Crippen LogP contribution in [0.15, 0.2) is 23.3 Å². The molecule has 1 aliphatic rings. The molecule has 0 radical (unpaired) electrons. The molecule has 156 valence electrons. The first-order chi connectivity index (χ1) is 13.3. The van der Waals surface area contributed by atoms with Gasteiger partial charge in [-0.3, -0.25) is 9.10 Å². The summed E-state index contributed by atoms with van der Waals surface area (Å²) in [4.78, 5) is 12.4. The number of rotatable bonds is 7. The van der Waals surface area contributed by atoms with E-state index in [4.69, 9.17) is 9.47 Å². The molecule has 1 amide bonds. The Morgan fingerprint density at radius 2 is 1.75 bits per heavy atom. The molecule has 0 heterocycles. The van der Waals surface area contributed by atoms with Gasteiger partial charge < -0.3 is 9.47 Å². The number of nitrogens with one attached hydrogen (secondary N) is 1. The third-order valence-corrected chi connectivity index (χ3v) is 5.74. The number of anilines is 1. The Hall–Kier alpha value is -2.29. The van der Waals surface area contributed by atoms with Gasteiger partial charge in [-0.2, -0.15) is 5.10 Å². The average molecular weight is 412 g/mol. The van der Waals surface area contributed by atoms with Crippen LogP contribution in [0.3, 0.4) is 0 Å². The lowest BCUT2D eigenvalue weighted by molar-refractivity contribution is -0.119. The molecule has 2 rings (SSSR count). The topological polar surface area (TPSA) is 97.3 Å². The van der Waals surface area contributed by atoms with E-state index in [2.05, 4.69) is 10.5 Å². The van der Waals surface area contributed by atoms with Gasteiger partial charge in [0.15, 0.2) is 0 Å². The van der Waals surface area contributed by atoms with Crippen LogP contribution in [0.2, 0.25) is 0 Å². The van der Waals surface area contributed by atoms with Gasteiger partial charge >= 0.3 is 0 Å². The number of ether oxygens (including phenoxy) is 2. The molecule has 28 heavy (non-hydrogen) atoms. The summed E-state index contributed by atoms with van der Waals surface area (Å²) in [7, 11) is -0.819. The summed E-state index contributed by atoms with van der Waals surface area (Å²) in [6, 6.07) is 4.77. The van der Waals surface area contributed by atoms with E-state index in [1.54, 1.807) is 12.1 Å². The van der Waals surface area contributed by atoms with Crippen LogP contribution in [-0.4, -0.2) is 47.1 Å². The molecule has 1 N–H and O–H groups in total. The van der Waals surface area contributed by atoms with Crippen molar-refractivity contribution in [3.63, 3.8) is 0 Å². The van der Waals surface area contributed by atoms with Crippen LogP contribution in [0.5, 0.6) is 11.5 Å². The lowest BCUT2D eigenvalue weighted by Crippen LogP contribution is -2.39. The summed E-state index contributed by atoms with van der Waals surface area (Å²) in [5, 5.41) is 4.23. The smallest absolute Gasteiger partial charge is 0.260 e. The lowest BCUT2D eigenvalue weighted by atomic mass is 9.99. The highest BCUT2D eigenvalue weighted by molar-refractivity contribution is 7.92. The standard InChI is InChI=1S/C19H29N3O5S/c1-26-16-11-12-18(27-2)17(13-16)22(28(3,24)25)14-19(23)21-20-15-9-7-5-4-6-8-10-15/h11-13H,4-10,14H2,1-3H3,(H,21,23). The van der Waals surface area contributed by atoms with E-state index < -0.39 is 22.5 Å². The second-order valence-corrected chi connectivity index (χ2v) is 8.70. The van der Waals surface area contributed by atoms with Crippen molar-refractivity contribution < 1.29 is 22.7 Å². The minimum absolute atomic E-state index is 0.234. The Kier molecular flexibility index (Phi) is 8.10. The van der Waals surface area contributed by atoms with Crippen molar-refractivity contribution in [1.82, 2.24) is 5.43 Å². The van der Waals surface area contributed by atoms with Crippen molar-refractivity contribution in [2.75, 3.05) is 31.3 Å². The first-order valence-corrected chi connectivity index (χ1v) is 11.2. The van der Waals surface area contributed by atoms with Gasteiger partial charge in [-0.15, -0.1) is 0 Å². The van der Waals surface area contributed by atoms with Gasteiger partial charge in [0.05, 0.1) is 26.2 Å². The first-order valence-electron chi connectivity index (χ1n) is 9.39. The third-order valence-electron chi connectivity index (χ3n) is 4.61. The van der Waals surface area contributed by atoms with Crippen LogP contribution in [-0.2, 0) is 14.8 Å². The fourth-order valence-electron chi connectivity index (χ4n) is 3.11. The molecular formula is C19H29N3O5S. The van der Waals surface area contributed by atoms with Crippen molar-refractivity contribution in [3.05, 3.63) is 18.2 Å². The van der Waals surface area contributed by atoms with Crippen LogP contribution >= 0.6 is 0 Å². The van der Waals surface area contributed by atoms with Crippen molar-refractivity contribution in [2.45, 2.75) is 44.9 Å². The van der Waals surface area contributed by atoms with Gasteiger partial charge in [-0.1, -0.05) is 19.3 Å². The number of amides is 1. The fraction of sp³-hybridized carbons (Fsp3) is 0.579. The fourth-order valence-corrected chi connectivity index (χ4v) is 3.96.